The van der Waals surface area contributed by atoms with E-state index in [-0.39, 0.29) is 5.82 Å². The van der Waals surface area contributed by atoms with Crippen molar-refractivity contribution >= 4 is 11.5 Å². The molecule has 2 aromatic heterocycles. The Morgan fingerprint density at radius 1 is 1.18 bits per heavy atom. The Morgan fingerprint density at radius 2 is 2.00 bits per heavy atom. The predicted octanol–water partition coefficient (Wildman–Crippen LogP) is 3.72. The fraction of sp³-hybridized carbons (Fsp3) is 0.188. The quantitative estimate of drug-likeness (QED) is 0.688. The maximum atomic E-state index is 11.3. The van der Waals surface area contributed by atoms with Gasteiger partial charge in [0.2, 0.25) is 5.82 Å². The van der Waals surface area contributed by atoms with Crippen LogP contribution >= 0.6 is 0 Å². The van der Waals surface area contributed by atoms with E-state index in [1.165, 1.54) is 0 Å². The Bertz CT molecular complexity index is 855. The van der Waals surface area contributed by atoms with E-state index in [0.29, 0.717) is 28.4 Å². The van der Waals surface area contributed by atoms with Crippen LogP contribution in [0.4, 0.5) is 5.82 Å². The van der Waals surface area contributed by atoms with E-state index in [1.807, 2.05) is 25.1 Å². The molecule has 0 unspecified atom stereocenters. The molecule has 0 N–H and O–H groups in total. The lowest BCUT2D eigenvalue weighted by Gasteiger charge is -2.08. The molecule has 0 atom stereocenters. The van der Waals surface area contributed by atoms with Gasteiger partial charge < -0.3 is 9.47 Å². The number of ether oxygens (including phenoxy) is 2. The van der Waals surface area contributed by atoms with Crippen LogP contribution < -0.4 is 9.47 Å². The topological polar surface area (TPSA) is 65.2 Å². The Balaban J connectivity index is 2.30. The van der Waals surface area contributed by atoms with Gasteiger partial charge in [-0.15, -0.1) is 4.91 Å². The number of hydrogen-bond donors (Lipinski definition) is 0. The van der Waals surface area contributed by atoms with Gasteiger partial charge in [-0.1, -0.05) is 6.07 Å². The molecule has 0 fully saturated rings. The first-order chi connectivity index (χ1) is 10.7. The first-order valence-electron chi connectivity index (χ1n) is 6.73. The maximum absolute atomic E-state index is 11.3. The number of benzene rings is 1. The van der Waals surface area contributed by atoms with Crippen LogP contribution in [0.5, 0.6) is 11.5 Å². The van der Waals surface area contributed by atoms with Crippen molar-refractivity contribution in [3.63, 3.8) is 0 Å². The van der Waals surface area contributed by atoms with Crippen molar-refractivity contribution in [1.29, 1.82) is 0 Å². The highest BCUT2D eigenvalue weighted by atomic mass is 16.5. The summed E-state index contributed by atoms with van der Waals surface area (Å²) < 4.78 is 12.3. The normalized spacial score (nSPS) is 10.7. The molecule has 0 saturated heterocycles. The molecule has 0 aliphatic heterocycles. The molecule has 0 radical (unpaired) electrons. The highest BCUT2D eigenvalue weighted by molar-refractivity contribution is 5.79. The molecule has 112 valence electrons. The zero-order valence-corrected chi connectivity index (χ0v) is 12.5. The van der Waals surface area contributed by atoms with Crippen molar-refractivity contribution in [2.75, 3.05) is 14.2 Å². The molecule has 0 aliphatic rings. The minimum atomic E-state index is 0.252. The lowest BCUT2D eigenvalue weighted by molar-refractivity contribution is 0.395. The molecule has 6 heteroatoms. The second kappa shape index (κ2) is 5.48. The lowest BCUT2D eigenvalue weighted by atomic mass is 10.1. The summed E-state index contributed by atoms with van der Waals surface area (Å²) in [6.45, 7) is 1.94. The summed E-state index contributed by atoms with van der Waals surface area (Å²) in [5, 5.41) is 3.16. The molecule has 3 rings (SSSR count). The third-order valence-electron chi connectivity index (χ3n) is 3.57. The Kier molecular flexibility index (Phi) is 3.50. The van der Waals surface area contributed by atoms with Gasteiger partial charge in [0.25, 0.3) is 0 Å². The first-order valence-corrected chi connectivity index (χ1v) is 6.73. The molecule has 0 bridgehead atoms. The molecule has 22 heavy (non-hydrogen) atoms. The average molecular weight is 297 g/mol. The molecule has 0 aliphatic carbocycles. The number of fused-ring (bicyclic) bond motifs is 1. The third kappa shape index (κ3) is 2.09. The van der Waals surface area contributed by atoms with Crippen molar-refractivity contribution in [2.24, 2.45) is 5.18 Å². The van der Waals surface area contributed by atoms with E-state index < -0.39 is 0 Å². The summed E-state index contributed by atoms with van der Waals surface area (Å²) in [6, 6.07) is 9.15. The number of pyridine rings is 1. The van der Waals surface area contributed by atoms with Crippen molar-refractivity contribution in [3.8, 4) is 22.8 Å². The van der Waals surface area contributed by atoms with E-state index in [2.05, 4.69) is 10.2 Å². The predicted molar refractivity (Wildman–Crippen MR) is 83.9 cm³/mol. The van der Waals surface area contributed by atoms with Crippen LogP contribution in [-0.4, -0.2) is 23.6 Å². The number of methoxy groups -OCH3 is 2. The monoisotopic (exact) mass is 297 g/mol. The standard InChI is InChI=1S/C16H15N3O3/c1-10-5-4-8-19-15(10)17-14(16(19)18-20)12-7-6-11(21-2)9-13(12)22-3/h4-9H,1-3H3. The van der Waals surface area contributed by atoms with Gasteiger partial charge in [0.1, 0.15) is 22.8 Å². The van der Waals surface area contributed by atoms with Crippen LogP contribution in [0.2, 0.25) is 0 Å². The minimum Gasteiger partial charge on any atom is -0.497 e. The summed E-state index contributed by atoms with van der Waals surface area (Å²) in [5.74, 6) is 1.49. The largest absolute Gasteiger partial charge is 0.497 e. The van der Waals surface area contributed by atoms with Crippen LogP contribution in [0.15, 0.2) is 41.7 Å². The van der Waals surface area contributed by atoms with E-state index >= 15 is 0 Å². The molecular weight excluding hydrogens is 282 g/mol. The highest BCUT2D eigenvalue weighted by Gasteiger charge is 2.19. The van der Waals surface area contributed by atoms with Crippen LogP contribution in [0, 0.1) is 11.8 Å². The number of hydrogen-bond acceptors (Lipinski definition) is 5. The molecular formula is C16H15N3O3. The van der Waals surface area contributed by atoms with Gasteiger partial charge in [0.05, 0.1) is 14.2 Å². The number of nitroso groups, excluding NO2 is 1. The lowest BCUT2D eigenvalue weighted by Crippen LogP contribution is -1.90. The molecule has 1 aromatic carbocycles. The van der Waals surface area contributed by atoms with Gasteiger partial charge in [-0.2, -0.15) is 0 Å². The first kappa shape index (κ1) is 14.1. The average Bonchev–Trinajstić information content (AvgIpc) is 2.94. The van der Waals surface area contributed by atoms with Gasteiger partial charge in [0, 0.05) is 17.8 Å². The van der Waals surface area contributed by atoms with Gasteiger partial charge in [0.15, 0.2) is 0 Å². The Labute approximate surface area is 127 Å². The summed E-state index contributed by atoms with van der Waals surface area (Å²) >= 11 is 0. The summed E-state index contributed by atoms with van der Waals surface area (Å²) in [4.78, 5) is 15.9. The van der Waals surface area contributed by atoms with Crippen LogP contribution in [0.1, 0.15) is 5.56 Å². The third-order valence-corrected chi connectivity index (χ3v) is 3.57. The van der Waals surface area contributed by atoms with Gasteiger partial charge in [-0.05, 0) is 35.9 Å². The van der Waals surface area contributed by atoms with Crippen molar-refractivity contribution in [3.05, 3.63) is 47.0 Å². The molecule has 0 spiro atoms. The molecule has 0 amide bonds. The van der Waals surface area contributed by atoms with Crippen LogP contribution in [0.25, 0.3) is 16.9 Å². The van der Waals surface area contributed by atoms with E-state index in [1.54, 1.807) is 36.9 Å². The Hall–Kier alpha value is -2.89. The van der Waals surface area contributed by atoms with Crippen molar-refractivity contribution in [1.82, 2.24) is 9.38 Å². The van der Waals surface area contributed by atoms with Gasteiger partial charge >= 0.3 is 0 Å². The van der Waals surface area contributed by atoms with Gasteiger partial charge in [-0.3, -0.25) is 4.40 Å². The van der Waals surface area contributed by atoms with Gasteiger partial charge in [-0.25, -0.2) is 4.98 Å². The number of nitrogens with zero attached hydrogens (tertiary/aromatic N) is 3. The molecule has 2 heterocycles. The van der Waals surface area contributed by atoms with Crippen molar-refractivity contribution < 1.29 is 9.47 Å². The second-order valence-corrected chi connectivity index (χ2v) is 4.83. The fourth-order valence-electron chi connectivity index (χ4n) is 2.45. The van der Waals surface area contributed by atoms with Crippen LogP contribution in [0.3, 0.4) is 0 Å². The minimum absolute atomic E-state index is 0.252. The number of rotatable bonds is 4. The molecule has 0 saturated carbocycles. The van der Waals surface area contributed by atoms with E-state index in [4.69, 9.17) is 9.47 Å². The van der Waals surface area contributed by atoms with Crippen molar-refractivity contribution in [2.45, 2.75) is 6.92 Å². The maximum Gasteiger partial charge on any atom is 0.209 e. The molecule has 6 nitrogen and oxygen atoms in total. The zero-order chi connectivity index (χ0) is 15.7. The number of aromatic nitrogens is 2. The fourth-order valence-corrected chi connectivity index (χ4v) is 2.45. The zero-order valence-electron chi connectivity index (χ0n) is 12.5. The Morgan fingerprint density at radius 3 is 2.68 bits per heavy atom. The van der Waals surface area contributed by atoms with E-state index in [9.17, 15) is 4.91 Å². The smallest absolute Gasteiger partial charge is 0.209 e. The SMILES string of the molecule is COc1ccc(-c2nc3c(C)cccn3c2N=O)c(OC)c1. The van der Waals surface area contributed by atoms with Crippen LogP contribution in [-0.2, 0) is 0 Å². The summed E-state index contributed by atoms with van der Waals surface area (Å²) in [7, 11) is 3.15. The highest BCUT2D eigenvalue weighted by Crippen LogP contribution is 2.38. The summed E-state index contributed by atoms with van der Waals surface area (Å²) in [5.41, 5.74) is 2.85. The molecule has 3 aromatic rings. The summed E-state index contributed by atoms with van der Waals surface area (Å²) in [6.07, 6.45) is 1.77. The number of aryl methyl sites for hydroxylation is 1. The second-order valence-electron chi connectivity index (χ2n) is 4.83. The van der Waals surface area contributed by atoms with E-state index in [0.717, 1.165) is 5.56 Å². The number of imidazole rings is 1.